The van der Waals surface area contributed by atoms with Crippen LogP contribution in [0.25, 0.3) is 0 Å². The molecule has 1 aromatic carbocycles. The zero-order valence-corrected chi connectivity index (χ0v) is 11.4. The fraction of sp³-hybridized carbons (Fsp3) is 0.400. The molecule has 1 heterocycles. The van der Waals surface area contributed by atoms with E-state index in [9.17, 15) is 0 Å². The third kappa shape index (κ3) is 2.08. The lowest BCUT2D eigenvalue weighted by molar-refractivity contribution is 0.415. The summed E-state index contributed by atoms with van der Waals surface area (Å²) in [5.41, 5.74) is 4.86. The summed E-state index contributed by atoms with van der Waals surface area (Å²) in [5.74, 6) is 0.768. The van der Waals surface area contributed by atoms with Crippen molar-refractivity contribution < 1.29 is 0 Å². The highest BCUT2D eigenvalue weighted by Crippen LogP contribution is 2.40. The Morgan fingerprint density at radius 3 is 2.78 bits per heavy atom. The molecule has 18 heavy (non-hydrogen) atoms. The molecule has 1 saturated carbocycles. The van der Waals surface area contributed by atoms with Crippen LogP contribution in [0.15, 0.2) is 36.0 Å². The quantitative estimate of drug-likeness (QED) is 0.904. The summed E-state index contributed by atoms with van der Waals surface area (Å²) in [4.78, 5) is 5.50. The first kappa shape index (κ1) is 11.9. The van der Waals surface area contributed by atoms with E-state index in [2.05, 4.69) is 34.6 Å². The van der Waals surface area contributed by atoms with E-state index in [1.54, 1.807) is 11.3 Å². The first-order chi connectivity index (χ1) is 8.90. The van der Waals surface area contributed by atoms with Crippen LogP contribution in [-0.4, -0.2) is 12.0 Å². The molecule has 94 valence electrons. The summed E-state index contributed by atoms with van der Waals surface area (Å²) in [5, 5.41) is 3.43. The average Bonchev–Trinajstić information content (AvgIpc) is 2.84. The average molecular weight is 258 g/mol. The fourth-order valence-electron chi connectivity index (χ4n) is 2.68. The molecule has 1 N–H and O–H groups in total. The van der Waals surface area contributed by atoms with Gasteiger partial charge in [0, 0.05) is 11.1 Å². The molecule has 1 aliphatic rings. The van der Waals surface area contributed by atoms with Crippen LogP contribution in [0.5, 0.6) is 0 Å². The van der Waals surface area contributed by atoms with Gasteiger partial charge in [-0.1, -0.05) is 30.7 Å². The molecule has 1 aliphatic carbocycles. The molecule has 1 fully saturated rings. The molecule has 1 unspecified atom stereocenters. The van der Waals surface area contributed by atoms with Crippen LogP contribution >= 0.6 is 11.3 Å². The van der Waals surface area contributed by atoms with E-state index < -0.39 is 0 Å². The summed E-state index contributed by atoms with van der Waals surface area (Å²) in [7, 11) is 2.03. The van der Waals surface area contributed by atoms with Crippen LogP contribution in [-0.2, 0) is 0 Å². The Bertz CT molecular complexity index is 503. The SMILES string of the molecule is CNC(c1cncs1)c1ccccc1C1CCC1. The van der Waals surface area contributed by atoms with Crippen molar-refractivity contribution in [3.05, 3.63) is 52.0 Å². The highest BCUT2D eigenvalue weighted by molar-refractivity contribution is 7.09. The zero-order valence-electron chi connectivity index (χ0n) is 10.6. The molecule has 1 atom stereocenters. The highest BCUT2D eigenvalue weighted by atomic mass is 32.1. The largest absolute Gasteiger partial charge is 0.309 e. The van der Waals surface area contributed by atoms with Crippen LogP contribution in [0, 0.1) is 0 Å². The first-order valence-corrected chi connectivity index (χ1v) is 7.42. The van der Waals surface area contributed by atoms with E-state index in [1.807, 2.05) is 18.8 Å². The summed E-state index contributed by atoms with van der Waals surface area (Å²) in [6, 6.07) is 9.15. The molecule has 2 aromatic rings. The molecule has 0 aliphatic heterocycles. The number of hydrogen-bond donors (Lipinski definition) is 1. The van der Waals surface area contributed by atoms with Crippen LogP contribution in [0.4, 0.5) is 0 Å². The topological polar surface area (TPSA) is 24.9 Å². The van der Waals surface area contributed by atoms with E-state index in [-0.39, 0.29) is 6.04 Å². The van der Waals surface area contributed by atoms with Gasteiger partial charge in [-0.3, -0.25) is 4.98 Å². The Morgan fingerprint density at radius 2 is 2.17 bits per heavy atom. The van der Waals surface area contributed by atoms with E-state index in [1.165, 1.54) is 35.3 Å². The molecule has 3 rings (SSSR count). The van der Waals surface area contributed by atoms with Gasteiger partial charge in [-0.25, -0.2) is 0 Å². The van der Waals surface area contributed by atoms with Gasteiger partial charge in [0.05, 0.1) is 11.6 Å². The van der Waals surface area contributed by atoms with Gasteiger partial charge < -0.3 is 5.32 Å². The molecule has 2 nitrogen and oxygen atoms in total. The van der Waals surface area contributed by atoms with Gasteiger partial charge in [0.25, 0.3) is 0 Å². The van der Waals surface area contributed by atoms with Crippen molar-refractivity contribution in [1.29, 1.82) is 0 Å². The minimum Gasteiger partial charge on any atom is -0.309 e. The lowest BCUT2D eigenvalue weighted by Crippen LogP contribution is -2.20. The molecule has 0 saturated heterocycles. The molecular formula is C15H18N2S. The molecule has 3 heteroatoms. The van der Waals surface area contributed by atoms with Crippen molar-refractivity contribution in [2.75, 3.05) is 7.05 Å². The molecule has 0 spiro atoms. The van der Waals surface area contributed by atoms with Crippen LogP contribution in [0.1, 0.15) is 47.2 Å². The van der Waals surface area contributed by atoms with E-state index in [0.29, 0.717) is 0 Å². The fourth-order valence-corrected chi connectivity index (χ4v) is 3.43. The highest BCUT2D eigenvalue weighted by Gasteiger charge is 2.25. The molecule has 1 aromatic heterocycles. The smallest absolute Gasteiger partial charge is 0.0794 e. The lowest BCUT2D eigenvalue weighted by atomic mass is 9.77. The van der Waals surface area contributed by atoms with Gasteiger partial charge in [-0.2, -0.15) is 0 Å². The van der Waals surface area contributed by atoms with Crippen molar-refractivity contribution in [3.63, 3.8) is 0 Å². The summed E-state index contributed by atoms with van der Waals surface area (Å²) >= 11 is 1.72. The van der Waals surface area contributed by atoms with E-state index in [0.717, 1.165) is 5.92 Å². The summed E-state index contributed by atoms with van der Waals surface area (Å²) < 4.78 is 0. The number of hydrogen-bond acceptors (Lipinski definition) is 3. The van der Waals surface area contributed by atoms with Gasteiger partial charge in [-0.15, -0.1) is 11.3 Å². The third-order valence-electron chi connectivity index (χ3n) is 3.88. The molecule has 0 amide bonds. The monoisotopic (exact) mass is 258 g/mol. The molecular weight excluding hydrogens is 240 g/mol. The van der Waals surface area contributed by atoms with Gasteiger partial charge in [-0.05, 0) is 36.9 Å². The molecule has 0 radical (unpaired) electrons. The van der Waals surface area contributed by atoms with Gasteiger partial charge in [0.2, 0.25) is 0 Å². The number of nitrogens with one attached hydrogen (secondary N) is 1. The Morgan fingerprint density at radius 1 is 1.33 bits per heavy atom. The standard InChI is InChI=1S/C15H18N2S/c1-16-15(14-9-17-10-18-14)13-8-3-2-7-12(13)11-5-4-6-11/h2-3,7-11,15-16H,4-6H2,1H3. The van der Waals surface area contributed by atoms with Crippen LogP contribution in [0.2, 0.25) is 0 Å². The predicted octanol–water partition coefficient (Wildman–Crippen LogP) is 3.72. The maximum Gasteiger partial charge on any atom is 0.0794 e. The Kier molecular flexibility index (Phi) is 3.43. The second-order valence-electron chi connectivity index (χ2n) is 4.88. The van der Waals surface area contributed by atoms with Crippen molar-refractivity contribution in [2.24, 2.45) is 0 Å². The number of benzene rings is 1. The number of rotatable bonds is 4. The van der Waals surface area contributed by atoms with Crippen molar-refractivity contribution in [1.82, 2.24) is 10.3 Å². The van der Waals surface area contributed by atoms with Crippen molar-refractivity contribution >= 4 is 11.3 Å². The maximum atomic E-state index is 4.20. The van der Waals surface area contributed by atoms with Gasteiger partial charge >= 0.3 is 0 Å². The zero-order chi connectivity index (χ0) is 12.4. The lowest BCUT2D eigenvalue weighted by Gasteiger charge is -2.30. The van der Waals surface area contributed by atoms with Gasteiger partial charge in [0.1, 0.15) is 0 Å². The van der Waals surface area contributed by atoms with Crippen molar-refractivity contribution in [3.8, 4) is 0 Å². The second kappa shape index (κ2) is 5.21. The van der Waals surface area contributed by atoms with Crippen LogP contribution in [0.3, 0.4) is 0 Å². The Labute approximate surface area is 112 Å². The second-order valence-corrected chi connectivity index (χ2v) is 5.80. The van der Waals surface area contributed by atoms with Crippen molar-refractivity contribution in [2.45, 2.75) is 31.2 Å². The minimum absolute atomic E-state index is 0.286. The van der Waals surface area contributed by atoms with Gasteiger partial charge in [0.15, 0.2) is 0 Å². The first-order valence-electron chi connectivity index (χ1n) is 6.54. The third-order valence-corrected chi connectivity index (χ3v) is 4.72. The summed E-state index contributed by atoms with van der Waals surface area (Å²) in [6.45, 7) is 0. The predicted molar refractivity (Wildman–Crippen MR) is 76.1 cm³/mol. The summed E-state index contributed by atoms with van der Waals surface area (Å²) in [6.07, 6.45) is 6.04. The Hall–Kier alpha value is -1.19. The number of aromatic nitrogens is 1. The number of thiazole rings is 1. The van der Waals surface area contributed by atoms with Crippen LogP contribution < -0.4 is 5.32 Å². The minimum atomic E-state index is 0.286. The normalized spacial score (nSPS) is 17.4. The molecule has 0 bridgehead atoms. The Balaban J connectivity index is 1.99. The van der Waals surface area contributed by atoms with E-state index in [4.69, 9.17) is 0 Å². The maximum absolute atomic E-state index is 4.20. The van der Waals surface area contributed by atoms with E-state index >= 15 is 0 Å². The number of nitrogens with zero attached hydrogens (tertiary/aromatic N) is 1.